The summed E-state index contributed by atoms with van der Waals surface area (Å²) in [6, 6.07) is 13.8. The van der Waals surface area contributed by atoms with Crippen molar-refractivity contribution in [3.05, 3.63) is 65.4 Å². The molecule has 4 heteroatoms. The molecule has 0 fully saturated rings. The van der Waals surface area contributed by atoms with Gasteiger partial charge < -0.3 is 10.1 Å². The van der Waals surface area contributed by atoms with Crippen LogP contribution in [0.3, 0.4) is 0 Å². The summed E-state index contributed by atoms with van der Waals surface area (Å²) in [6.07, 6.45) is 1.15. The minimum Gasteiger partial charge on any atom is -0.481 e. The van der Waals surface area contributed by atoms with E-state index >= 15 is 0 Å². The third-order valence-electron chi connectivity index (χ3n) is 4.69. The summed E-state index contributed by atoms with van der Waals surface area (Å²) in [5.41, 5.74) is 4.93. The molecule has 1 amide bonds. The fraction of sp³-hybridized carbons (Fsp3) is 0.304. The minimum absolute atomic E-state index is 0.180. The largest absolute Gasteiger partial charge is 0.481 e. The van der Waals surface area contributed by atoms with Gasteiger partial charge in [0.2, 0.25) is 0 Å². The number of nitrogens with zero attached hydrogens (tertiary/aromatic N) is 1. The smallest absolute Gasteiger partial charge is 0.265 e. The molecule has 0 aliphatic carbocycles. The Labute approximate surface area is 160 Å². The van der Waals surface area contributed by atoms with E-state index < -0.39 is 6.10 Å². The second-order valence-electron chi connectivity index (χ2n) is 7.27. The van der Waals surface area contributed by atoms with Gasteiger partial charge in [-0.3, -0.25) is 9.78 Å². The number of aromatic nitrogens is 1. The molecule has 140 valence electrons. The molecule has 0 radical (unpaired) electrons. The maximum absolute atomic E-state index is 12.8. The maximum Gasteiger partial charge on any atom is 0.265 e. The normalized spacial score (nSPS) is 12.2. The molecule has 0 aliphatic rings. The number of rotatable bonds is 5. The second-order valence-corrected chi connectivity index (χ2v) is 7.27. The number of carbonyl (C=O) groups excluding carboxylic acids is 1. The van der Waals surface area contributed by atoms with Crippen molar-refractivity contribution in [2.75, 3.05) is 5.32 Å². The van der Waals surface area contributed by atoms with Gasteiger partial charge >= 0.3 is 0 Å². The Morgan fingerprint density at radius 1 is 1.07 bits per heavy atom. The van der Waals surface area contributed by atoms with E-state index in [0.717, 1.165) is 39.0 Å². The number of ether oxygens (including phenoxy) is 1. The maximum atomic E-state index is 12.8. The van der Waals surface area contributed by atoms with Gasteiger partial charge in [-0.2, -0.15) is 0 Å². The summed E-state index contributed by atoms with van der Waals surface area (Å²) >= 11 is 0. The van der Waals surface area contributed by atoms with Crippen LogP contribution < -0.4 is 10.1 Å². The van der Waals surface area contributed by atoms with Crippen LogP contribution in [-0.2, 0) is 4.79 Å². The van der Waals surface area contributed by atoms with Crippen molar-refractivity contribution >= 4 is 22.5 Å². The second kappa shape index (κ2) is 7.78. The van der Waals surface area contributed by atoms with E-state index in [9.17, 15) is 4.79 Å². The van der Waals surface area contributed by atoms with Crippen LogP contribution in [0.25, 0.3) is 10.9 Å². The Bertz CT molecular complexity index is 979. The zero-order valence-corrected chi connectivity index (χ0v) is 16.5. The Morgan fingerprint density at radius 3 is 2.59 bits per heavy atom. The molecule has 1 atom stereocenters. The first-order valence-corrected chi connectivity index (χ1v) is 9.29. The van der Waals surface area contributed by atoms with E-state index in [2.05, 4.69) is 36.3 Å². The quantitative estimate of drug-likeness (QED) is 0.663. The lowest BCUT2D eigenvalue weighted by molar-refractivity contribution is -0.122. The first kappa shape index (κ1) is 18.9. The predicted molar refractivity (Wildman–Crippen MR) is 110 cm³/mol. The van der Waals surface area contributed by atoms with Crippen LogP contribution in [-0.4, -0.2) is 17.0 Å². The molecular formula is C23H26N2O2. The van der Waals surface area contributed by atoms with Crippen LogP contribution >= 0.6 is 0 Å². The Balaban J connectivity index is 1.82. The summed E-state index contributed by atoms with van der Waals surface area (Å²) in [7, 11) is 0. The number of anilines is 1. The SMILES string of the molecule is Cc1ccc(C(C)C)c(O[C@@H](C)C(=O)Nc2ccc(C)c3ncccc23)c1. The number of pyridine rings is 1. The average molecular weight is 362 g/mol. The van der Waals surface area contributed by atoms with Crippen LogP contribution in [0, 0.1) is 13.8 Å². The van der Waals surface area contributed by atoms with Gasteiger partial charge in [-0.1, -0.05) is 32.0 Å². The highest BCUT2D eigenvalue weighted by Crippen LogP contribution is 2.29. The number of hydrogen-bond acceptors (Lipinski definition) is 3. The van der Waals surface area contributed by atoms with Crippen molar-refractivity contribution in [3.63, 3.8) is 0 Å². The molecule has 2 aromatic carbocycles. The molecular weight excluding hydrogens is 336 g/mol. The highest BCUT2D eigenvalue weighted by Gasteiger charge is 2.19. The Hall–Kier alpha value is -2.88. The standard InChI is InChI=1S/C23H26N2O2/c1-14(2)18-10-8-15(3)13-21(18)27-17(5)23(26)25-20-11-9-16(4)22-19(20)7-6-12-24-22/h6-14,17H,1-5H3,(H,25,26)/t17-/m0/s1. The zero-order valence-electron chi connectivity index (χ0n) is 16.5. The summed E-state index contributed by atoms with van der Waals surface area (Å²) in [4.78, 5) is 17.2. The topological polar surface area (TPSA) is 51.2 Å². The van der Waals surface area contributed by atoms with Crippen molar-refractivity contribution in [2.45, 2.75) is 46.6 Å². The van der Waals surface area contributed by atoms with E-state index in [1.165, 1.54) is 0 Å². The number of benzene rings is 2. The summed E-state index contributed by atoms with van der Waals surface area (Å²) in [5, 5.41) is 3.92. The first-order valence-electron chi connectivity index (χ1n) is 9.29. The van der Waals surface area contributed by atoms with Crippen molar-refractivity contribution in [3.8, 4) is 5.75 Å². The van der Waals surface area contributed by atoms with E-state index in [1.807, 2.05) is 44.2 Å². The van der Waals surface area contributed by atoms with Gasteiger partial charge in [0.05, 0.1) is 11.2 Å². The van der Waals surface area contributed by atoms with Crippen LogP contribution in [0.5, 0.6) is 5.75 Å². The van der Waals surface area contributed by atoms with Crippen molar-refractivity contribution in [1.82, 2.24) is 4.98 Å². The average Bonchev–Trinajstić information content (AvgIpc) is 2.64. The molecule has 1 N–H and O–H groups in total. The molecule has 0 saturated heterocycles. The van der Waals surface area contributed by atoms with Gasteiger partial charge in [-0.15, -0.1) is 0 Å². The van der Waals surface area contributed by atoms with Crippen molar-refractivity contribution in [2.24, 2.45) is 0 Å². The van der Waals surface area contributed by atoms with Gasteiger partial charge in [0.25, 0.3) is 5.91 Å². The summed E-state index contributed by atoms with van der Waals surface area (Å²) in [6.45, 7) is 10.0. The number of fused-ring (bicyclic) bond motifs is 1. The first-order chi connectivity index (χ1) is 12.9. The summed E-state index contributed by atoms with van der Waals surface area (Å²) < 4.78 is 6.03. The fourth-order valence-corrected chi connectivity index (χ4v) is 3.12. The molecule has 1 aromatic heterocycles. The van der Waals surface area contributed by atoms with Gasteiger partial charge in [-0.25, -0.2) is 0 Å². The molecule has 0 aliphatic heterocycles. The van der Waals surface area contributed by atoms with E-state index in [1.54, 1.807) is 13.1 Å². The molecule has 4 nitrogen and oxygen atoms in total. The van der Waals surface area contributed by atoms with Crippen LogP contribution in [0.4, 0.5) is 5.69 Å². The monoisotopic (exact) mass is 362 g/mol. The molecule has 0 saturated carbocycles. The molecule has 27 heavy (non-hydrogen) atoms. The molecule has 0 bridgehead atoms. The van der Waals surface area contributed by atoms with Crippen molar-refractivity contribution in [1.29, 1.82) is 0 Å². The van der Waals surface area contributed by atoms with Gasteiger partial charge in [0.15, 0.2) is 6.10 Å². The minimum atomic E-state index is -0.614. The lowest BCUT2D eigenvalue weighted by Crippen LogP contribution is -2.30. The molecule has 0 spiro atoms. The predicted octanol–water partition coefficient (Wildman–Crippen LogP) is 5.38. The molecule has 1 heterocycles. The molecule has 0 unspecified atom stereocenters. The van der Waals surface area contributed by atoms with E-state index in [0.29, 0.717) is 5.92 Å². The lowest BCUT2D eigenvalue weighted by Gasteiger charge is -2.20. The Morgan fingerprint density at radius 2 is 1.85 bits per heavy atom. The van der Waals surface area contributed by atoms with E-state index in [-0.39, 0.29) is 5.91 Å². The molecule has 3 rings (SSSR count). The van der Waals surface area contributed by atoms with Crippen molar-refractivity contribution < 1.29 is 9.53 Å². The number of nitrogens with one attached hydrogen (secondary N) is 1. The summed E-state index contributed by atoms with van der Waals surface area (Å²) in [5.74, 6) is 0.909. The molecule has 3 aromatic rings. The number of carbonyl (C=O) groups is 1. The number of amides is 1. The lowest BCUT2D eigenvalue weighted by atomic mass is 10.0. The number of aryl methyl sites for hydroxylation is 2. The Kier molecular flexibility index (Phi) is 5.45. The van der Waals surface area contributed by atoms with Crippen LogP contribution in [0.1, 0.15) is 43.4 Å². The number of hydrogen-bond donors (Lipinski definition) is 1. The third kappa shape index (κ3) is 4.11. The fourth-order valence-electron chi connectivity index (χ4n) is 3.12. The van der Waals surface area contributed by atoms with Crippen LogP contribution in [0.2, 0.25) is 0 Å². The van der Waals surface area contributed by atoms with E-state index in [4.69, 9.17) is 4.74 Å². The van der Waals surface area contributed by atoms with Gasteiger partial charge in [0.1, 0.15) is 5.75 Å². The zero-order chi connectivity index (χ0) is 19.6. The van der Waals surface area contributed by atoms with Gasteiger partial charge in [-0.05, 0) is 67.6 Å². The highest BCUT2D eigenvalue weighted by atomic mass is 16.5. The highest BCUT2D eigenvalue weighted by molar-refractivity contribution is 6.03. The van der Waals surface area contributed by atoms with Gasteiger partial charge in [0, 0.05) is 11.6 Å². The third-order valence-corrected chi connectivity index (χ3v) is 4.69. The van der Waals surface area contributed by atoms with Crippen LogP contribution in [0.15, 0.2) is 48.7 Å².